The molecule has 0 amide bonds. The summed E-state index contributed by atoms with van der Waals surface area (Å²) < 4.78 is 2.21. The molecule has 0 aliphatic rings. The van der Waals surface area contributed by atoms with Gasteiger partial charge in [-0.05, 0) is 40.9 Å². The van der Waals surface area contributed by atoms with Crippen LogP contribution >= 0.6 is 0 Å². The van der Waals surface area contributed by atoms with Crippen LogP contribution < -0.4 is 5.32 Å². The summed E-state index contributed by atoms with van der Waals surface area (Å²) in [6.45, 7) is 5.35. The lowest BCUT2D eigenvalue weighted by atomic mass is 10.2. The normalized spacial score (nSPS) is 13.2. The first kappa shape index (κ1) is 12.0. The van der Waals surface area contributed by atoms with Crippen molar-refractivity contribution < 1.29 is 0 Å². The van der Waals surface area contributed by atoms with E-state index in [-0.39, 0.29) is 0 Å². The van der Waals surface area contributed by atoms with Crippen LogP contribution in [0.5, 0.6) is 0 Å². The molecule has 0 spiro atoms. The number of hydrogen-bond acceptors (Lipinski definition) is 3. The van der Waals surface area contributed by atoms with Crippen molar-refractivity contribution in [1.82, 2.24) is 14.5 Å². The highest BCUT2D eigenvalue weighted by Crippen LogP contribution is 2.18. The average Bonchev–Trinajstić information content (AvgIpc) is 2.56. The van der Waals surface area contributed by atoms with Gasteiger partial charge in [0.2, 0.25) is 5.95 Å². The molecule has 0 radical (unpaired) electrons. The molecule has 4 nitrogen and oxygen atoms in total. The Morgan fingerprint density at radius 1 is 1.53 bits per heavy atom. The van der Waals surface area contributed by atoms with Gasteiger partial charge in [0, 0.05) is 19.3 Å². The van der Waals surface area contributed by atoms with Crippen molar-refractivity contribution in [3.8, 4) is 0 Å². The van der Waals surface area contributed by atoms with Gasteiger partial charge in [0.25, 0.3) is 0 Å². The van der Waals surface area contributed by atoms with Crippen LogP contribution in [0.3, 0.4) is 0 Å². The molecule has 1 N–H and O–H groups in total. The second-order valence-corrected chi connectivity index (χ2v) is 4.30. The summed E-state index contributed by atoms with van der Waals surface area (Å²) in [5.41, 5.74) is 1.07. The third-order valence-electron chi connectivity index (χ3n) is 2.55. The highest BCUT2D eigenvalue weighted by Gasteiger charge is 2.10. The second-order valence-electron chi connectivity index (χ2n) is 4.30. The number of aromatic nitrogens is 2. The van der Waals surface area contributed by atoms with Gasteiger partial charge < -0.3 is 14.8 Å². The maximum absolute atomic E-state index is 4.42. The summed E-state index contributed by atoms with van der Waals surface area (Å²) >= 11 is 0. The molecule has 4 heteroatoms. The number of aryl methyl sites for hydroxylation is 1. The van der Waals surface area contributed by atoms with E-state index in [1.165, 1.54) is 0 Å². The fourth-order valence-corrected chi connectivity index (χ4v) is 1.62. The minimum absolute atomic E-state index is 0.482. The van der Waals surface area contributed by atoms with Crippen molar-refractivity contribution in [2.24, 2.45) is 0 Å². The molecule has 1 heterocycles. The zero-order valence-corrected chi connectivity index (χ0v) is 10.4. The van der Waals surface area contributed by atoms with Crippen molar-refractivity contribution in [3.63, 3.8) is 0 Å². The van der Waals surface area contributed by atoms with Gasteiger partial charge in [-0.15, -0.1) is 0 Å². The largest absolute Gasteiger partial charge is 0.359 e. The van der Waals surface area contributed by atoms with Crippen LogP contribution in [0.25, 0.3) is 0 Å². The van der Waals surface area contributed by atoms with Crippen LogP contribution in [-0.2, 0) is 0 Å². The van der Waals surface area contributed by atoms with Crippen LogP contribution in [-0.4, -0.2) is 42.1 Å². The lowest BCUT2D eigenvalue weighted by Crippen LogP contribution is -2.18. The van der Waals surface area contributed by atoms with Gasteiger partial charge in [-0.25, -0.2) is 4.98 Å². The summed E-state index contributed by atoms with van der Waals surface area (Å²) in [7, 11) is 6.12. The lowest BCUT2D eigenvalue weighted by molar-refractivity contribution is 0.359. The molecule has 1 atom stereocenters. The topological polar surface area (TPSA) is 33.1 Å². The number of rotatable bonds is 5. The SMILES string of the molecule is CNc1nc(C)cn1C(C)CCN(C)C. The van der Waals surface area contributed by atoms with Gasteiger partial charge in [0.05, 0.1) is 5.69 Å². The molecule has 0 saturated carbocycles. The summed E-state index contributed by atoms with van der Waals surface area (Å²) in [5, 5.41) is 3.12. The van der Waals surface area contributed by atoms with E-state index in [4.69, 9.17) is 0 Å². The van der Waals surface area contributed by atoms with Gasteiger partial charge in [-0.2, -0.15) is 0 Å². The molecule has 15 heavy (non-hydrogen) atoms. The van der Waals surface area contributed by atoms with E-state index >= 15 is 0 Å². The predicted molar refractivity (Wildman–Crippen MR) is 64.4 cm³/mol. The van der Waals surface area contributed by atoms with E-state index in [9.17, 15) is 0 Å². The Labute approximate surface area is 92.3 Å². The van der Waals surface area contributed by atoms with Crippen LogP contribution in [0.2, 0.25) is 0 Å². The minimum Gasteiger partial charge on any atom is -0.359 e. The summed E-state index contributed by atoms with van der Waals surface area (Å²) in [4.78, 5) is 6.62. The maximum atomic E-state index is 4.42. The Morgan fingerprint density at radius 2 is 2.20 bits per heavy atom. The number of imidazole rings is 1. The molecular formula is C11H22N4. The first-order chi connectivity index (χ1) is 7.04. The maximum Gasteiger partial charge on any atom is 0.203 e. The van der Waals surface area contributed by atoms with Crippen LogP contribution in [0.4, 0.5) is 5.95 Å². The van der Waals surface area contributed by atoms with Crippen LogP contribution in [0.15, 0.2) is 6.20 Å². The zero-order valence-electron chi connectivity index (χ0n) is 10.4. The van der Waals surface area contributed by atoms with Gasteiger partial charge in [0.1, 0.15) is 0 Å². The van der Waals surface area contributed by atoms with Gasteiger partial charge in [0.15, 0.2) is 0 Å². The summed E-state index contributed by atoms with van der Waals surface area (Å²) in [6.07, 6.45) is 3.24. The van der Waals surface area contributed by atoms with Crippen molar-refractivity contribution in [2.45, 2.75) is 26.3 Å². The molecule has 1 unspecified atom stereocenters. The highest BCUT2D eigenvalue weighted by atomic mass is 15.2. The molecule has 0 saturated heterocycles. The molecular weight excluding hydrogens is 188 g/mol. The van der Waals surface area contributed by atoms with Crippen LogP contribution in [0.1, 0.15) is 25.1 Å². The molecule has 0 bridgehead atoms. The smallest absolute Gasteiger partial charge is 0.203 e. The molecule has 1 aromatic heterocycles. The third kappa shape index (κ3) is 3.23. The molecule has 1 rings (SSSR count). The zero-order chi connectivity index (χ0) is 11.4. The van der Waals surface area contributed by atoms with Crippen LogP contribution in [0, 0.1) is 6.92 Å². The first-order valence-electron chi connectivity index (χ1n) is 5.42. The second kappa shape index (κ2) is 5.16. The Kier molecular flexibility index (Phi) is 4.15. The molecule has 0 fully saturated rings. The standard InChI is InChI=1S/C11H22N4/c1-9-8-15(11(12-3)13-9)10(2)6-7-14(4)5/h8,10H,6-7H2,1-5H3,(H,12,13). The summed E-state index contributed by atoms with van der Waals surface area (Å²) in [5.74, 6) is 0.957. The van der Waals surface area contributed by atoms with E-state index in [1.54, 1.807) is 0 Å². The molecule has 0 aliphatic carbocycles. The van der Waals surface area contributed by atoms with Crippen molar-refractivity contribution in [3.05, 3.63) is 11.9 Å². The predicted octanol–water partition coefficient (Wildman–Crippen LogP) is 1.75. The van der Waals surface area contributed by atoms with E-state index in [0.29, 0.717) is 6.04 Å². The number of nitrogens with one attached hydrogen (secondary N) is 1. The Bertz CT molecular complexity index is 304. The highest BCUT2D eigenvalue weighted by molar-refractivity contribution is 5.28. The quantitative estimate of drug-likeness (QED) is 0.803. The van der Waals surface area contributed by atoms with Gasteiger partial charge in [-0.3, -0.25) is 0 Å². The monoisotopic (exact) mass is 210 g/mol. The molecule has 0 aliphatic heterocycles. The Hall–Kier alpha value is -1.03. The number of nitrogens with zero attached hydrogens (tertiary/aromatic N) is 3. The van der Waals surface area contributed by atoms with Crippen molar-refractivity contribution in [1.29, 1.82) is 0 Å². The van der Waals surface area contributed by atoms with Gasteiger partial charge >= 0.3 is 0 Å². The van der Waals surface area contributed by atoms with E-state index in [0.717, 1.165) is 24.6 Å². The van der Waals surface area contributed by atoms with E-state index in [1.807, 2.05) is 14.0 Å². The average molecular weight is 210 g/mol. The first-order valence-corrected chi connectivity index (χ1v) is 5.42. The Balaban J connectivity index is 2.67. The fraction of sp³-hybridized carbons (Fsp3) is 0.727. The summed E-state index contributed by atoms with van der Waals surface area (Å²) in [6, 6.07) is 0.482. The lowest BCUT2D eigenvalue weighted by Gasteiger charge is -2.18. The van der Waals surface area contributed by atoms with E-state index < -0.39 is 0 Å². The minimum atomic E-state index is 0.482. The fourth-order valence-electron chi connectivity index (χ4n) is 1.62. The van der Waals surface area contributed by atoms with E-state index in [2.05, 4.69) is 47.0 Å². The molecule has 0 aromatic carbocycles. The molecule has 86 valence electrons. The third-order valence-corrected chi connectivity index (χ3v) is 2.55. The molecule has 1 aromatic rings. The van der Waals surface area contributed by atoms with Gasteiger partial charge in [-0.1, -0.05) is 0 Å². The Morgan fingerprint density at radius 3 is 2.73 bits per heavy atom. The number of anilines is 1. The van der Waals surface area contributed by atoms with Crippen molar-refractivity contribution in [2.75, 3.05) is 33.0 Å². The van der Waals surface area contributed by atoms with Crippen molar-refractivity contribution >= 4 is 5.95 Å². The number of hydrogen-bond donors (Lipinski definition) is 1.